The smallest absolute Gasteiger partial charge is 0.153 e. The Kier molecular flexibility index (Phi) is 12.2. The van der Waals surface area contributed by atoms with E-state index in [0.717, 1.165) is 11.1 Å². The number of thioether (sulfide) groups is 2. The lowest BCUT2D eigenvalue weighted by Gasteiger charge is -1.96. The van der Waals surface area contributed by atoms with Gasteiger partial charge in [0, 0.05) is 24.8 Å². The summed E-state index contributed by atoms with van der Waals surface area (Å²) >= 11 is 12.7. The van der Waals surface area contributed by atoms with E-state index >= 15 is 0 Å². The highest BCUT2D eigenvalue weighted by Gasteiger charge is 1.88. The first kappa shape index (κ1) is 22.2. The van der Waals surface area contributed by atoms with Crippen LogP contribution < -0.4 is 10.9 Å². The number of hydrogen-bond acceptors (Lipinski definition) is 8. The van der Waals surface area contributed by atoms with Crippen molar-refractivity contribution in [2.75, 3.05) is 12.5 Å². The second-order valence-electron chi connectivity index (χ2n) is 4.28. The van der Waals surface area contributed by atoms with E-state index in [0.29, 0.717) is 8.64 Å². The van der Waals surface area contributed by atoms with Gasteiger partial charge in [-0.05, 0) is 47.9 Å². The summed E-state index contributed by atoms with van der Waals surface area (Å²) < 4.78 is 1.32. The monoisotopic (exact) mass is 422 g/mol. The third-order valence-electron chi connectivity index (χ3n) is 2.52. The molecular weight excluding hydrogens is 404 g/mol. The molecule has 136 valence electrons. The molecule has 0 bridgehead atoms. The minimum atomic E-state index is 0.658. The summed E-state index contributed by atoms with van der Waals surface area (Å²) in [6, 6.07) is 7.47. The van der Waals surface area contributed by atoms with Gasteiger partial charge in [0.15, 0.2) is 8.64 Å². The molecule has 0 aromatic carbocycles. The molecule has 0 radical (unpaired) electrons. The van der Waals surface area contributed by atoms with Gasteiger partial charge in [-0.2, -0.15) is 10.2 Å². The average Bonchev–Trinajstić information content (AvgIpc) is 2.70. The fraction of sp³-hybridized carbons (Fsp3) is 0.125. The summed E-state index contributed by atoms with van der Waals surface area (Å²) in [6.45, 7) is 0. The number of thiocarbonyl (C=S) groups is 2. The van der Waals surface area contributed by atoms with Gasteiger partial charge in [-0.15, -0.1) is 0 Å². The summed E-state index contributed by atoms with van der Waals surface area (Å²) in [5, 5.41) is 7.90. The van der Waals surface area contributed by atoms with Crippen molar-refractivity contribution in [1.82, 2.24) is 20.8 Å². The Labute approximate surface area is 172 Å². The lowest BCUT2D eigenvalue weighted by Crippen LogP contribution is -2.10. The van der Waals surface area contributed by atoms with Crippen LogP contribution in [0.15, 0.2) is 59.3 Å². The SMILES string of the molecule is CSC(=S)N/N=C/c1ccncc1.CSC(=S)N/N=C/c1ccncc1. The first-order valence-electron chi connectivity index (χ1n) is 7.19. The highest BCUT2D eigenvalue weighted by molar-refractivity contribution is 8.22. The molecule has 0 unspecified atom stereocenters. The Balaban J connectivity index is 0.000000260. The van der Waals surface area contributed by atoms with Crippen LogP contribution in [0.4, 0.5) is 0 Å². The summed E-state index contributed by atoms with van der Waals surface area (Å²) in [4.78, 5) is 7.79. The Morgan fingerprint density at radius 1 is 0.808 bits per heavy atom. The van der Waals surface area contributed by atoms with Crippen molar-refractivity contribution in [2.45, 2.75) is 0 Å². The maximum Gasteiger partial charge on any atom is 0.153 e. The lowest BCUT2D eigenvalue weighted by molar-refractivity contribution is 1.07. The maximum atomic E-state index is 4.90. The van der Waals surface area contributed by atoms with Gasteiger partial charge in [0.25, 0.3) is 0 Å². The zero-order valence-electron chi connectivity index (χ0n) is 14.2. The van der Waals surface area contributed by atoms with Gasteiger partial charge in [-0.1, -0.05) is 48.0 Å². The largest absolute Gasteiger partial charge is 0.265 e. The zero-order chi connectivity index (χ0) is 19.0. The topological polar surface area (TPSA) is 74.6 Å². The van der Waals surface area contributed by atoms with Gasteiger partial charge in [-0.25, -0.2) is 0 Å². The first-order chi connectivity index (χ1) is 12.7. The first-order valence-corrected chi connectivity index (χ1v) is 10.5. The highest BCUT2D eigenvalue weighted by Crippen LogP contribution is 1.95. The Morgan fingerprint density at radius 3 is 1.46 bits per heavy atom. The van der Waals surface area contributed by atoms with Crippen LogP contribution in [-0.2, 0) is 0 Å². The molecule has 0 aliphatic rings. The van der Waals surface area contributed by atoms with Gasteiger partial charge >= 0.3 is 0 Å². The van der Waals surface area contributed by atoms with E-state index in [-0.39, 0.29) is 0 Å². The molecule has 0 fully saturated rings. The van der Waals surface area contributed by atoms with Crippen molar-refractivity contribution >= 4 is 69.0 Å². The van der Waals surface area contributed by atoms with Crippen LogP contribution in [0.3, 0.4) is 0 Å². The molecule has 0 spiro atoms. The molecule has 26 heavy (non-hydrogen) atoms. The van der Waals surface area contributed by atoms with Crippen molar-refractivity contribution in [3.8, 4) is 0 Å². The summed E-state index contributed by atoms with van der Waals surface area (Å²) in [6.07, 6.45) is 14.1. The van der Waals surface area contributed by atoms with Gasteiger partial charge in [0.2, 0.25) is 0 Å². The average molecular weight is 423 g/mol. The molecule has 0 atom stereocenters. The molecule has 0 amide bonds. The van der Waals surface area contributed by atoms with Crippen LogP contribution in [0.5, 0.6) is 0 Å². The number of pyridine rings is 2. The number of hydrogen-bond donors (Lipinski definition) is 2. The number of nitrogens with one attached hydrogen (secondary N) is 2. The normalized spacial score (nSPS) is 10.2. The van der Waals surface area contributed by atoms with Crippen molar-refractivity contribution in [1.29, 1.82) is 0 Å². The molecule has 6 nitrogen and oxygen atoms in total. The maximum absolute atomic E-state index is 4.90. The van der Waals surface area contributed by atoms with Crippen molar-refractivity contribution < 1.29 is 0 Å². The standard InChI is InChI=1S/2C8H9N3S2/c2*1-13-8(12)11-10-6-7-2-4-9-5-3-7/h2*2-6H,1H3,(H,11,12)/b2*10-6+. The predicted octanol–water partition coefficient (Wildman–Crippen LogP) is 3.31. The van der Waals surface area contributed by atoms with E-state index in [9.17, 15) is 0 Å². The van der Waals surface area contributed by atoms with E-state index in [1.165, 1.54) is 23.5 Å². The third kappa shape index (κ3) is 10.9. The van der Waals surface area contributed by atoms with Crippen molar-refractivity contribution in [3.63, 3.8) is 0 Å². The van der Waals surface area contributed by atoms with E-state index in [1.807, 2.05) is 36.8 Å². The molecule has 0 aliphatic carbocycles. The van der Waals surface area contributed by atoms with E-state index in [4.69, 9.17) is 24.4 Å². The van der Waals surface area contributed by atoms with Gasteiger partial charge in [0.1, 0.15) is 0 Å². The van der Waals surface area contributed by atoms with Crippen LogP contribution in [0.1, 0.15) is 11.1 Å². The number of rotatable bonds is 4. The molecule has 2 aromatic heterocycles. The molecule has 0 aliphatic heterocycles. The molecule has 2 N–H and O–H groups in total. The minimum absolute atomic E-state index is 0.658. The third-order valence-corrected chi connectivity index (χ3v) is 4.63. The second-order valence-corrected chi connectivity index (χ2v) is 7.25. The molecule has 0 saturated carbocycles. The highest BCUT2D eigenvalue weighted by atomic mass is 32.2. The molecule has 2 heterocycles. The zero-order valence-corrected chi connectivity index (χ0v) is 17.5. The van der Waals surface area contributed by atoms with Crippen LogP contribution >= 0.6 is 48.0 Å². The van der Waals surface area contributed by atoms with Gasteiger partial charge in [-0.3, -0.25) is 20.8 Å². The molecular formula is C16H18N6S4. The Hall–Kier alpha value is -1.88. The quantitative estimate of drug-likeness (QED) is 0.442. The van der Waals surface area contributed by atoms with E-state index in [1.54, 1.807) is 37.2 Å². The number of hydrazone groups is 2. The molecule has 2 rings (SSSR count). The van der Waals surface area contributed by atoms with Crippen LogP contribution in [-0.4, -0.2) is 43.5 Å². The Bertz CT molecular complexity index is 659. The number of nitrogens with zero attached hydrogens (tertiary/aromatic N) is 4. The lowest BCUT2D eigenvalue weighted by atomic mass is 10.3. The molecule has 10 heteroatoms. The summed E-state index contributed by atoms with van der Waals surface area (Å²) in [5.74, 6) is 0. The van der Waals surface area contributed by atoms with Crippen LogP contribution in [0.2, 0.25) is 0 Å². The van der Waals surface area contributed by atoms with Crippen LogP contribution in [0, 0.1) is 0 Å². The second kappa shape index (κ2) is 14.3. The predicted molar refractivity (Wildman–Crippen MR) is 122 cm³/mol. The molecule has 0 saturated heterocycles. The van der Waals surface area contributed by atoms with Crippen LogP contribution in [0.25, 0.3) is 0 Å². The number of aromatic nitrogens is 2. The minimum Gasteiger partial charge on any atom is -0.265 e. The van der Waals surface area contributed by atoms with E-state index < -0.39 is 0 Å². The van der Waals surface area contributed by atoms with Gasteiger partial charge < -0.3 is 0 Å². The summed E-state index contributed by atoms with van der Waals surface area (Å²) in [5.41, 5.74) is 7.43. The fourth-order valence-corrected chi connectivity index (χ4v) is 1.70. The fourth-order valence-electron chi connectivity index (χ4n) is 1.31. The summed E-state index contributed by atoms with van der Waals surface area (Å²) in [7, 11) is 0. The van der Waals surface area contributed by atoms with Crippen molar-refractivity contribution in [2.24, 2.45) is 10.2 Å². The van der Waals surface area contributed by atoms with Gasteiger partial charge in [0.05, 0.1) is 12.4 Å². The van der Waals surface area contributed by atoms with E-state index in [2.05, 4.69) is 31.0 Å². The Morgan fingerprint density at radius 2 is 1.15 bits per heavy atom. The molecule has 2 aromatic rings. The van der Waals surface area contributed by atoms with Crippen molar-refractivity contribution in [3.05, 3.63) is 60.2 Å².